The number of ether oxygens (including phenoxy) is 1. The summed E-state index contributed by atoms with van der Waals surface area (Å²) in [4.78, 5) is 19.9. The minimum absolute atomic E-state index is 0.0348. The normalized spacial score (nSPS) is 26.0. The van der Waals surface area contributed by atoms with Crippen LogP contribution in [0.2, 0.25) is 0 Å². The summed E-state index contributed by atoms with van der Waals surface area (Å²) in [6, 6.07) is 9.95. The first-order valence-electron chi connectivity index (χ1n) is 7.98. The Morgan fingerprint density at radius 2 is 2.09 bits per heavy atom. The Balaban J connectivity index is 1.42. The lowest BCUT2D eigenvalue weighted by molar-refractivity contribution is 0.0462. The van der Waals surface area contributed by atoms with Crippen molar-refractivity contribution in [2.45, 2.75) is 18.9 Å². The van der Waals surface area contributed by atoms with Crippen LogP contribution in [0.1, 0.15) is 12.8 Å². The summed E-state index contributed by atoms with van der Waals surface area (Å²) < 4.78 is 5.67. The van der Waals surface area contributed by atoms with Crippen molar-refractivity contribution in [3.8, 4) is 10.4 Å². The average Bonchev–Trinajstić information content (AvgIpc) is 3.18. The molecule has 2 saturated heterocycles. The Morgan fingerprint density at radius 3 is 2.96 bits per heavy atom. The van der Waals surface area contributed by atoms with E-state index in [-0.39, 0.29) is 6.10 Å². The van der Waals surface area contributed by atoms with Crippen LogP contribution in [-0.2, 0) is 4.74 Å². The van der Waals surface area contributed by atoms with Crippen molar-refractivity contribution in [2.75, 3.05) is 25.0 Å². The second-order valence-corrected chi connectivity index (χ2v) is 6.96. The molecule has 3 heterocycles. The first kappa shape index (κ1) is 14.7. The lowest BCUT2D eigenvalue weighted by Gasteiger charge is -2.29. The number of benzene rings is 1. The van der Waals surface area contributed by atoms with E-state index in [0.717, 1.165) is 42.9 Å². The predicted molar refractivity (Wildman–Crippen MR) is 90.6 cm³/mol. The smallest absolute Gasteiger partial charge is 0.413 e. The Kier molecular flexibility index (Phi) is 4.01. The molecule has 3 unspecified atom stereocenters. The number of anilines is 1. The number of piperidine rings is 1. The first-order valence-corrected chi connectivity index (χ1v) is 8.86. The Labute approximate surface area is 139 Å². The van der Waals surface area contributed by atoms with Gasteiger partial charge >= 0.3 is 6.09 Å². The molecule has 1 N–H and O–H groups in total. The fraction of sp³-hybridized carbons (Fsp3) is 0.412. The van der Waals surface area contributed by atoms with E-state index in [1.54, 1.807) is 5.51 Å². The fourth-order valence-corrected chi connectivity index (χ4v) is 4.21. The quantitative estimate of drug-likeness (QED) is 0.937. The Hall–Kier alpha value is -1.92. The molecular formula is C17H19N3O2S. The predicted octanol–water partition coefficient (Wildman–Crippen LogP) is 3.45. The molecule has 0 radical (unpaired) electrons. The number of fused-ring (bicyclic) bond motifs is 2. The van der Waals surface area contributed by atoms with Crippen molar-refractivity contribution in [1.29, 1.82) is 0 Å². The van der Waals surface area contributed by atoms with E-state index in [1.807, 2.05) is 30.3 Å². The van der Waals surface area contributed by atoms with E-state index in [9.17, 15) is 4.79 Å². The van der Waals surface area contributed by atoms with Gasteiger partial charge in [-0.2, -0.15) is 0 Å². The maximum absolute atomic E-state index is 12.3. The molecule has 2 fully saturated rings. The third kappa shape index (κ3) is 3.09. The summed E-state index contributed by atoms with van der Waals surface area (Å²) >= 11 is 1.51. The van der Waals surface area contributed by atoms with Crippen LogP contribution in [0.3, 0.4) is 0 Å². The SMILES string of the molecule is O=C(Nc1ncsc1-c1ccccc1)OC1CCN2CCC1C2. The summed E-state index contributed by atoms with van der Waals surface area (Å²) in [7, 11) is 0. The van der Waals surface area contributed by atoms with Crippen LogP contribution in [0.5, 0.6) is 0 Å². The van der Waals surface area contributed by atoms with Gasteiger partial charge in [-0.15, -0.1) is 11.3 Å². The van der Waals surface area contributed by atoms with Crippen molar-refractivity contribution < 1.29 is 9.53 Å². The van der Waals surface area contributed by atoms with E-state index in [2.05, 4.69) is 15.2 Å². The molecule has 4 rings (SSSR count). The molecule has 6 heteroatoms. The summed E-state index contributed by atoms with van der Waals surface area (Å²) in [5, 5.41) is 2.82. The number of hydrogen-bond donors (Lipinski definition) is 1. The van der Waals surface area contributed by atoms with Crippen LogP contribution in [0.25, 0.3) is 10.4 Å². The van der Waals surface area contributed by atoms with Gasteiger partial charge in [0.25, 0.3) is 0 Å². The number of nitrogens with one attached hydrogen (secondary N) is 1. The van der Waals surface area contributed by atoms with E-state index in [0.29, 0.717) is 11.7 Å². The standard InChI is InChI=1S/C17H19N3O2S/c21-17(22-14-7-9-20-8-6-13(14)10-20)19-16-15(23-11-18-16)12-4-2-1-3-5-12/h1-5,11,13-14H,6-10H2,(H,19,21). The minimum atomic E-state index is -0.390. The summed E-state index contributed by atoms with van der Waals surface area (Å²) in [6.07, 6.45) is 1.70. The van der Waals surface area contributed by atoms with Crippen molar-refractivity contribution in [1.82, 2.24) is 9.88 Å². The molecule has 5 nitrogen and oxygen atoms in total. The van der Waals surface area contributed by atoms with Gasteiger partial charge in [-0.3, -0.25) is 5.32 Å². The molecular weight excluding hydrogens is 310 g/mol. The Bertz CT molecular complexity index is 688. The zero-order valence-corrected chi connectivity index (χ0v) is 13.6. The number of carbonyl (C=O) groups is 1. The third-order valence-corrected chi connectivity index (χ3v) is 5.52. The van der Waals surface area contributed by atoms with Gasteiger partial charge in [0.15, 0.2) is 5.82 Å². The highest BCUT2D eigenvalue weighted by Crippen LogP contribution is 2.32. The molecule has 2 bridgehead atoms. The van der Waals surface area contributed by atoms with Crippen LogP contribution in [-0.4, -0.2) is 41.7 Å². The molecule has 3 atom stereocenters. The van der Waals surface area contributed by atoms with E-state index < -0.39 is 6.09 Å². The summed E-state index contributed by atoms with van der Waals surface area (Å²) in [5.41, 5.74) is 2.79. The summed E-state index contributed by atoms with van der Waals surface area (Å²) in [6.45, 7) is 3.22. The molecule has 1 aromatic carbocycles. The zero-order chi connectivity index (χ0) is 15.6. The Morgan fingerprint density at radius 1 is 1.26 bits per heavy atom. The van der Waals surface area contributed by atoms with Crippen LogP contribution in [0.4, 0.5) is 10.6 Å². The van der Waals surface area contributed by atoms with Gasteiger partial charge in [-0.1, -0.05) is 30.3 Å². The lowest BCUT2D eigenvalue weighted by Crippen LogP contribution is -2.38. The number of hydrogen-bond acceptors (Lipinski definition) is 5. The van der Waals surface area contributed by atoms with Gasteiger partial charge in [0.2, 0.25) is 0 Å². The van der Waals surface area contributed by atoms with Gasteiger partial charge in [-0.25, -0.2) is 9.78 Å². The molecule has 2 aliphatic heterocycles. The number of thiazole rings is 1. The van der Waals surface area contributed by atoms with Gasteiger partial charge in [0.05, 0.1) is 10.4 Å². The van der Waals surface area contributed by atoms with Crippen LogP contribution in [0, 0.1) is 5.92 Å². The molecule has 23 heavy (non-hydrogen) atoms. The molecule has 1 aromatic heterocycles. The van der Waals surface area contributed by atoms with E-state index in [1.165, 1.54) is 11.3 Å². The van der Waals surface area contributed by atoms with Gasteiger partial charge in [0, 0.05) is 19.0 Å². The highest BCUT2D eigenvalue weighted by Gasteiger charge is 2.36. The topological polar surface area (TPSA) is 54.5 Å². The van der Waals surface area contributed by atoms with Crippen LogP contribution in [0.15, 0.2) is 35.8 Å². The molecule has 120 valence electrons. The largest absolute Gasteiger partial charge is 0.446 e. The number of carbonyl (C=O) groups excluding carboxylic acids is 1. The number of rotatable bonds is 3. The zero-order valence-electron chi connectivity index (χ0n) is 12.8. The average molecular weight is 329 g/mol. The monoisotopic (exact) mass is 329 g/mol. The number of aromatic nitrogens is 1. The molecule has 2 aromatic rings. The second-order valence-electron chi connectivity index (χ2n) is 6.10. The fourth-order valence-electron chi connectivity index (χ4n) is 3.46. The van der Waals surface area contributed by atoms with Crippen molar-refractivity contribution in [3.63, 3.8) is 0 Å². The molecule has 0 spiro atoms. The van der Waals surface area contributed by atoms with Gasteiger partial charge < -0.3 is 9.64 Å². The van der Waals surface area contributed by atoms with Crippen LogP contribution >= 0.6 is 11.3 Å². The maximum Gasteiger partial charge on any atom is 0.413 e. The van der Waals surface area contributed by atoms with E-state index in [4.69, 9.17) is 4.74 Å². The number of nitrogens with zero attached hydrogens (tertiary/aromatic N) is 2. The molecule has 2 aliphatic rings. The molecule has 1 amide bonds. The minimum Gasteiger partial charge on any atom is -0.446 e. The van der Waals surface area contributed by atoms with Crippen molar-refractivity contribution >= 4 is 23.2 Å². The number of amides is 1. The van der Waals surface area contributed by atoms with E-state index >= 15 is 0 Å². The third-order valence-electron chi connectivity index (χ3n) is 4.65. The summed E-state index contributed by atoms with van der Waals surface area (Å²) in [5.74, 6) is 1.06. The second kappa shape index (κ2) is 6.29. The highest BCUT2D eigenvalue weighted by atomic mass is 32.1. The van der Waals surface area contributed by atoms with Crippen molar-refractivity contribution in [2.24, 2.45) is 5.92 Å². The van der Waals surface area contributed by atoms with Gasteiger partial charge in [0.1, 0.15) is 6.10 Å². The van der Waals surface area contributed by atoms with Crippen LogP contribution < -0.4 is 5.32 Å². The lowest BCUT2D eigenvalue weighted by atomic mass is 9.97. The first-order chi connectivity index (χ1) is 11.3. The maximum atomic E-state index is 12.3. The highest BCUT2D eigenvalue weighted by molar-refractivity contribution is 7.13. The molecule has 0 aliphatic carbocycles. The molecule has 0 saturated carbocycles. The van der Waals surface area contributed by atoms with Crippen molar-refractivity contribution in [3.05, 3.63) is 35.8 Å². The van der Waals surface area contributed by atoms with Gasteiger partial charge in [-0.05, 0) is 24.9 Å².